The van der Waals surface area contributed by atoms with E-state index in [4.69, 9.17) is 0 Å². The zero-order valence-corrected chi connectivity index (χ0v) is 12.4. The van der Waals surface area contributed by atoms with Crippen LogP contribution in [-0.4, -0.2) is 31.4 Å². The Kier molecular flexibility index (Phi) is 4.75. The fourth-order valence-electron chi connectivity index (χ4n) is 3.01. The third-order valence-electron chi connectivity index (χ3n) is 4.28. The Bertz CT molecular complexity index is 462. The highest BCUT2D eigenvalue weighted by Crippen LogP contribution is 2.27. The minimum absolute atomic E-state index is 0.459. The maximum absolute atomic E-state index is 11.7. The summed E-state index contributed by atoms with van der Waals surface area (Å²) in [7, 11) is 0. The second kappa shape index (κ2) is 6.35. The van der Waals surface area contributed by atoms with Gasteiger partial charge in [-0.1, -0.05) is 25.7 Å². The van der Waals surface area contributed by atoms with Crippen LogP contribution in [-0.2, 0) is 17.9 Å². The number of aromatic nitrogens is 3. The maximum atomic E-state index is 11.7. The van der Waals surface area contributed by atoms with Crippen molar-refractivity contribution in [3.8, 4) is 0 Å². The number of rotatable bonds is 5. The summed E-state index contributed by atoms with van der Waals surface area (Å²) in [6.07, 6.45) is 5.59. The van der Waals surface area contributed by atoms with Crippen LogP contribution in [0, 0.1) is 6.92 Å². The van der Waals surface area contributed by atoms with Gasteiger partial charge in [0.15, 0.2) is 0 Å². The quantitative estimate of drug-likeness (QED) is 0.805. The molecule has 2 N–H and O–H groups in total. The summed E-state index contributed by atoms with van der Waals surface area (Å²) < 4.78 is 2.01. The van der Waals surface area contributed by atoms with E-state index < -0.39 is 11.5 Å². The smallest absolute Gasteiger partial charge is 0.323 e. The normalized spacial score (nSPS) is 18.7. The van der Waals surface area contributed by atoms with Crippen LogP contribution >= 0.6 is 0 Å². The van der Waals surface area contributed by atoms with Gasteiger partial charge in [0.1, 0.15) is 17.2 Å². The number of hydrogen-bond acceptors (Lipinski definition) is 4. The van der Waals surface area contributed by atoms with Crippen molar-refractivity contribution in [2.75, 3.05) is 0 Å². The number of carboxylic acid groups (broad SMARTS) is 1. The Balaban J connectivity index is 2.10. The third-order valence-corrected chi connectivity index (χ3v) is 4.28. The fraction of sp³-hybridized carbons (Fsp3) is 0.786. The molecule has 0 atom stereocenters. The molecule has 2 rings (SSSR count). The van der Waals surface area contributed by atoms with Crippen LogP contribution in [0.2, 0.25) is 0 Å². The fourth-order valence-corrected chi connectivity index (χ4v) is 3.01. The lowest BCUT2D eigenvalue weighted by molar-refractivity contribution is -0.145. The Morgan fingerprint density at radius 2 is 1.95 bits per heavy atom. The first-order chi connectivity index (χ1) is 9.59. The molecule has 1 heterocycles. The molecule has 20 heavy (non-hydrogen) atoms. The van der Waals surface area contributed by atoms with Gasteiger partial charge in [-0.05, 0) is 26.7 Å². The van der Waals surface area contributed by atoms with Gasteiger partial charge in [-0.25, -0.2) is 0 Å². The number of carbonyl (C=O) groups is 1. The van der Waals surface area contributed by atoms with Gasteiger partial charge < -0.3 is 9.67 Å². The SMILES string of the molecule is CCn1c(C)nnc1CNC1(C(=O)O)CCCCCC1. The molecule has 0 bridgehead atoms. The molecule has 0 amide bonds. The van der Waals surface area contributed by atoms with Gasteiger partial charge in [0.25, 0.3) is 0 Å². The molecule has 1 aromatic heterocycles. The van der Waals surface area contributed by atoms with Gasteiger partial charge in [-0.3, -0.25) is 10.1 Å². The van der Waals surface area contributed by atoms with E-state index in [-0.39, 0.29) is 0 Å². The van der Waals surface area contributed by atoms with Crippen molar-refractivity contribution in [3.63, 3.8) is 0 Å². The molecule has 112 valence electrons. The first kappa shape index (κ1) is 15.0. The number of hydrogen-bond donors (Lipinski definition) is 2. The average Bonchev–Trinajstić information content (AvgIpc) is 2.64. The van der Waals surface area contributed by atoms with Gasteiger partial charge in [-0.2, -0.15) is 0 Å². The first-order valence-electron chi connectivity index (χ1n) is 7.46. The van der Waals surface area contributed by atoms with E-state index in [0.29, 0.717) is 19.4 Å². The Labute approximate surface area is 119 Å². The van der Waals surface area contributed by atoms with Crippen molar-refractivity contribution in [2.24, 2.45) is 0 Å². The van der Waals surface area contributed by atoms with Crippen molar-refractivity contribution in [2.45, 2.75) is 71.0 Å². The number of nitrogens with one attached hydrogen (secondary N) is 1. The summed E-state index contributed by atoms with van der Waals surface area (Å²) in [4.78, 5) is 11.7. The predicted molar refractivity (Wildman–Crippen MR) is 75.3 cm³/mol. The third kappa shape index (κ3) is 3.00. The second-order valence-electron chi connectivity index (χ2n) is 5.56. The van der Waals surface area contributed by atoms with Crippen LogP contribution in [0.5, 0.6) is 0 Å². The first-order valence-corrected chi connectivity index (χ1v) is 7.46. The van der Waals surface area contributed by atoms with Crippen LogP contribution < -0.4 is 5.32 Å². The van der Waals surface area contributed by atoms with Crippen molar-refractivity contribution >= 4 is 5.97 Å². The number of carboxylic acids is 1. The Hall–Kier alpha value is -1.43. The predicted octanol–water partition coefficient (Wildman–Crippen LogP) is 1.87. The summed E-state index contributed by atoms with van der Waals surface area (Å²) >= 11 is 0. The lowest BCUT2D eigenvalue weighted by Crippen LogP contribution is -2.51. The van der Waals surface area contributed by atoms with Gasteiger partial charge in [0.2, 0.25) is 0 Å². The molecule has 0 radical (unpaired) electrons. The molecule has 6 heteroatoms. The van der Waals surface area contributed by atoms with E-state index in [1.807, 2.05) is 18.4 Å². The van der Waals surface area contributed by atoms with E-state index in [1.165, 1.54) is 0 Å². The largest absolute Gasteiger partial charge is 0.480 e. The average molecular weight is 280 g/mol. The lowest BCUT2D eigenvalue weighted by Gasteiger charge is -2.29. The summed E-state index contributed by atoms with van der Waals surface area (Å²) in [5, 5.41) is 21.1. The number of aryl methyl sites for hydroxylation is 1. The molecule has 0 saturated heterocycles. The highest BCUT2D eigenvalue weighted by molar-refractivity contribution is 5.78. The van der Waals surface area contributed by atoms with Crippen LogP contribution in [0.1, 0.15) is 57.1 Å². The molecule has 1 aliphatic carbocycles. The zero-order chi connectivity index (χ0) is 14.6. The van der Waals surface area contributed by atoms with E-state index in [0.717, 1.165) is 43.9 Å². The van der Waals surface area contributed by atoms with Gasteiger partial charge in [0.05, 0.1) is 6.54 Å². The van der Waals surface area contributed by atoms with Gasteiger partial charge >= 0.3 is 5.97 Å². The number of aliphatic carboxylic acids is 1. The van der Waals surface area contributed by atoms with Crippen LogP contribution in [0.15, 0.2) is 0 Å². The van der Waals surface area contributed by atoms with E-state index >= 15 is 0 Å². The molecule has 6 nitrogen and oxygen atoms in total. The molecule has 1 saturated carbocycles. The Morgan fingerprint density at radius 1 is 1.30 bits per heavy atom. The molecule has 0 aromatic carbocycles. The van der Waals surface area contributed by atoms with E-state index in [9.17, 15) is 9.90 Å². The molecule has 1 aliphatic rings. The molecule has 0 unspecified atom stereocenters. The second-order valence-corrected chi connectivity index (χ2v) is 5.56. The summed E-state index contributed by atoms with van der Waals surface area (Å²) in [6, 6.07) is 0. The summed E-state index contributed by atoms with van der Waals surface area (Å²) in [5.41, 5.74) is -0.797. The van der Waals surface area contributed by atoms with E-state index in [1.54, 1.807) is 0 Å². The van der Waals surface area contributed by atoms with Crippen molar-refractivity contribution in [3.05, 3.63) is 11.6 Å². The molecule has 1 aromatic rings. The molecule has 1 fully saturated rings. The van der Waals surface area contributed by atoms with Crippen molar-refractivity contribution in [1.29, 1.82) is 0 Å². The van der Waals surface area contributed by atoms with Gasteiger partial charge in [0, 0.05) is 6.54 Å². The minimum atomic E-state index is -0.797. The Morgan fingerprint density at radius 3 is 2.50 bits per heavy atom. The monoisotopic (exact) mass is 280 g/mol. The van der Waals surface area contributed by atoms with Gasteiger partial charge in [-0.15, -0.1) is 10.2 Å². The summed E-state index contributed by atoms with van der Waals surface area (Å²) in [5.74, 6) is 0.947. The highest BCUT2D eigenvalue weighted by atomic mass is 16.4. The lowest BCUT2D eigenvalue weighted by atomic mass is 9.90. The van der Waals surface area contributed by atoms with Crippen molar-refractivity contribution < 1.29 is 9.90 Å². The van der Waals surface area contributed by atoms with Crippen LogP contribution in [0.25, 0.3) is 0 Å². The summed E-state index contributed by atoms with van der Waals surface area (Å²) in [6.45, 7) is 5.22. The maximum Gasteiger partial charge on any atom is 0.323 e. The zero-order valence-electron chi connectivity index (χ0n) is 12.4. The molecule has 0 aliphatic heterocycles. The van der Waals surface area contributed by atoms with Crippen molar-refractivity contribution in [1.82, 2.24) is 20.1 Å². The topological polar surface area (TPSA) is 80.0 Å². The standard InChI is InChI=1S/C14H24N4O2/c1-3-18-11(2)16-17-12(18)10-15-14(13(19)20)8-6-4-5-7-9-14/h15H,3-10H2,1-2H3,(H,19,20). The molecule has 0 spiro atoms. The highest BCUT2D eigenvalue weighted by Gasteiger charge is 2.38. The van der Waals surface area contributed by atoms with Crippen LogP contribution in [0.3, 0.4) is 0 Å². The minimum Gasteiger partial charge on any atom is -0.480 e. The molecular formula is C14H24N4O2. The van der Waals surface area contributed by atoms with E-state index in [2.05, 4.69) is 15.5 Å². The molecular weight excluding hydrogens is 256 g/mol. The van der Waals surface area contributed by atoms with Crippen LogP contribution in [0.4, 0.5) is 0 Å². The number of nitrogens with zero attached hydrogens (tertiary/aromatic N) is 3.